The molecule has 0 atom stereocenters. The largest absolute Gasteiger partial charge is 0.333 e. The van der Waals surface area contributed by atoms with Gasteiger partial charge in [0, 0.05) is 12.7 Å². The Bertz CT molecular complexity index is 328. The Morgan fingerprint density at radius 3 is 3.00 bits per heavy atom. The Morgan fingerprint density at radius 1 is 1.75 bits per heavy atom. The van der Waals surface area contributed by atoms with Crippen LogP contribution in [0.4, 0.5) is 0 Å². The molecule has 12 heavy (non-hydrogen) atoms. The molecular weight excluding hydrogens is 150 g/mol. The van der Waals surface area contributed by atoms with Crippen molar-refractivity contribution in [3.63, 3.8) is 0 Å². The molecule has 1 aliphatic rings. The molecule has 1 heterocycles. The lowest BCUT2D eigenvalue weighted by molar-refractivity contribution is 0.677. The van der Waals surface area contributed by atoms with E-state index in [4.69, 9.17) is 5.26 Å². The number of aromatic nitrogens is 2. The van der Waals surface area contributed by atoms with Crippen LogP contribution in [-0.2, 0) is 12.0 Å². The van der Waals surface area contributed by atoms with Crippen LogP contribution in [0.5, 0.6) is 0 Å². The second-order valence-electron chi connectivity index (χ2n) is 3.26. The molecule has 2 rings (SSSR count). The van der Waals surface area contributed by atoms with Crippen LogP contribution in [-0.4, -0.2) is 9.55 Å². The van der Waals surface area contributed by atoms with Gasteiger partial charge in [0.15, 0.2) is 0 Å². The molecule has 0 aliphatic heterocycles. The fourth-order valence-electron chi connectivity index (χ4n) is 1.52. The van der Waals surface area contributed by atoms with Gasteiger partial charge in [-0.1, -0.05) is 0 Å². The zero-order valence-corrected chi connectivity index (χ0v) is 7.12. The van der Waals surface area contributed by atoms with Gasteiger partial charge in [-0.2, -0.15) is 5.26 Å². The number of nitriles is 1. The standard InChI is InChI=1S/C9H11N3/c1-2-12-7-11-5-8(12)9(6-10)3-4-9/h5,7H,2-4H2,1H3. The van der Waals surface area contributed by atoms with E-state index in [1.54, 1.807) is 6.33 Å². The molecule has 3 heteroatoms. The molecule has 0 spiro atoms. The summed E-state index contributed by atoms with van der Waals surface area (Å²) in [4.78, 5) is 4.06. The highest BCUT2D eigenvalue weighted by Crippen LogP contribution is 2.47. The van der Waals surface area contributed by atoms with Crippen molar-refractivity contribution >= 4 is 0 Å². The minimum Gasteiger partial charge on any atom is -0.333 e. The maximum atomic E-state index is 8.96. The van der Waals surface area contributed by atoms with Gasteiger partial charge in [0.05, 0.1) is 23.5 Å². The molecule has 0 N–H and O–H groups in total. The van der Waals surface area contributed by atoms with Crippen molar-refractivity contribution in [1.29, 1.82) is 5.26 Å². The highest BCUT2D eigenvalue weighted by atomic mass is 15.1. The van der Waals surface area contributed by atoms with Crippen molar-refractivity contribution in [2.24, 2.45) is 0 Å². The van der Waals surface area contributed by atoms with Crippen LogP contribution in [0.15, 0.2) is 12.5 Å². The lowest BCUT2D eigenvalue weighted by atomic mass is 10.1. The van der Waals surface area contributed by atoms with Crippen LogP contribution in [0.25, 0.3) is 0 Å². The molecule has 0 aromatic carbocycles. The van der Waals surface area contributed by atoms with Crippen molar-refractivity contribution in [2.75, 3.05) is 0 Å². The lowest BCUT2D eigenvalue weighted by Crippen LogP contribution is -2.10. The molecule has 0 unspecified atom stereocenters. The Kier molecular flexibility index (Phi) is 1.44. The summed E-state index contributed by atoms with van der Waals surface area (Å²) in [6.45, 7) is 2.97. The minimum atomic E-state index is -0.188. The van der Waals surface area contributed by atoms with Crippen molar-refractivity contribution in [1.82, 2.24) is 9.55 Å². The number of aryl methyl sites for hydroxylation is 1. The molecule has 3 nitrogen and oxygen atoms in total. The summed E-state index contributed by atoms with van der Waals surface area (Å²) < 4.78 is 2.05. The van der Waals surface area contributed by atoms with Crippen LogP contribution in [0.2, 0.25) is 0 Å². The van der Waals surface area contributed by atoms with Crippen molar-refractivity contribution in [3.8, 4) is 6.07 Å². The van der Waals surface area contributed by atoms with E-state index in [1.165, 1.54) is 0 Å². The van der Waals surface area contributed by atoms with E-state index in [9.17, 15) is 0 Å². The third kappa shape index (κ3) is 0.845. The quantitative estimate of drug-likeness (QED) is 0.658. The summed E-state index contributed by atoms with van der Waals surface area (Å²) in [6.07, 6.45) is 5.61. The molecular formula is C9H11N3. The second kappa shape index (κ2) is 2.34. The molecule has 0 saturated heterocycles. The number of nitrogens with zero attached hydrogens (tertiary/aromatic N) is 3. The Morgan fingerprint density at radius 2 is 2.50 bits per heavy atom. The first-order chi connectivity index (χ1) is 5.82. The normalized spacial score (nSPS) is 18.7. The third-order valence-electron chi connectivity index (χ3n) is 2.51. The second-order valence-corrected chi connectivity index (χ2v) is 3.26. The molecule has 1 aromatic heterocycles. The minimum absolute atomic E-state index is 0.188. The van der Waals surface area contributed by atoms with Crippen LogP contribution in [0, 0.1) is 11.3 Å². The topological polar surface area (TPSA) is 41.6 Å². The summed E-state index contributed by atoms with van der Waals surface area (Å²) in [5.41, 5.74) is 0.902. The first-order valence-electron chi connectivity index (χ1n) is 4.24. The summed E-state index contributed by atoms with van der Waals surface area (Å²) in [7, 11) is 0. The fraction of sp³-hybridized carbons (Fsp3) is 0.556. The van der Waals surface area contributed by atoms with E-state index in [2.05, 4.69) is 22.5 Å². The number of hydrogen-bond donors (Lipinski definition) is 0. The van der Waals surface area contributed by atoms with E-state index in [0.717, 1.165) is 25.1 Å². The number of rotatable bonds is 2. The monoisotopic (exact) mass is 161 g/mol. The Balaban J connectivity index is 2.41. The average molecular weight is 161 g/mol. The Hall–Kier alpha value is -1.30. The van der Waals surface area contributed by atoms with Crippen LogP contribution >= 0.6 is 0 Å². The van der Waals surface area contributed by atoms with Gasteiger partial charge in [0.25, 0.3) is 0 Å². The molecule has 62 valence electrons. The SMILES string of the molecule is CCn1cncc1C1(C#N)CC1. The van der Waals surface area contributed by atoms with Crippen molar-refractivity contribution in [2.45, 2.75) is 31.7 Å². The van der Waals surface area contributed by atoms with Gasteiger partial charge < -0.3 is 4.57 Å². The van der Waals surface area contributed by atoms with Gasteiger partial charge in [-0.05, 0) is 19.8 Å². The molecule has 1 fully saturated rings. The van der Waals surface area contributed by atoms with Gasteiger partial charge in [-0.15, -0.1) is 0 Å². The molecule has 0 radical (unpaired) electrons. The highest BCUT2D eigenvalue weighted by molar-refractivity contribution is 5.33. The predicted octanol–water partition coefficient (Wildman–Crippen LogP) is 1.46. The highest BCUT2D eigenvalue weighted by Gasteiger charge is 2.47. The van der Waals surface area contributed by atoms with Crippen LogP contribution in [0.1, 0.15) is 25.5 Å². The summed E-state index contributed by atoms with van der Waals surface area (Å²) in [5.74, 6) is 0. The lowest BCUT2D eigenvalue weighted by Gasteiger charge is -2.07. The van der Waals surface area contributed by atoms with Gasteiger partial charge >= 0.3 is 0 Å². The molecule has 0 amide bonds. The number of imidazole rings is 1. The van der Waals surface area contributed by atoms with Gasteiger partial charge in [-0.3, -0.25) is 0 Å². The van der Waals surface area contributed by atoms with Gasteiger partial charge in [0.1, 0.15) is 0 Å². The van der Waals surface area contributed by atoms with Gasteiger partial charge in [-0.25, -0.2) is 4.98 Å². The van der Waals surface area contributed by atoms with Gasteiger partial charge in [0.2, 0.25) is 0 Å². The predicted molar refractivity (Wildman–Crippen MR) is 44.4 cm³/mol. The Labute approximate surface area is 71.6 Å². The van der Waals surface area contributed by atoms with E-state index in [1.807, 2.05) is 6.20 Å². The first kappa shape index (κ1) is 7.35. The van der Waals surface area contributed by atoms with Crippen molar-refractivity contribution in [3.05, 3.63) is 18.2 Å². The first-order valence-corrected chi connectivity index (χ1v) is 4.24. The number of hydrogen-bond acceptors (Lipinski definition) is 2. The average Bonchev–Trinajstić information content (AvgIpc) is 2.76. The summed E-state index contributed by atoms with van der Waals surface area (Å²) in [5, 5.41) is 8.96. The van der Waals surface area contributed by atoms with Crippen molar-refractivity contribution < 1.29 is 0 Å². The van der Waals surface area contributed by atoms with E-state index in [0.29, 0.717) is 0 Å². The summed E-state index contributed by atoms with van der Waals surface area (Å²) in [6, 6.07) is 2.37. The third-order valence-corrected chi connectivity index (χ3v) is 2.51. The van der Waals surface area contributed by atoms with Crippen LogP contribution < -0.4 is 0 Å². The smallest absolute Gasteiger partial charge is 0.0990 e. The van der Waals surface area contributed by atoms with E-state index >= 15 is 0 Å². The van der Waals surface area contributed by atoms with Crippen LogP contribution in [0.3, 0.4) is 0 Å². The summed E-state index contributed by atoms with van der Waals surface area (Å²) >= 11 is 0. The molecule has 1 saturated carbocycles. The zero-order chi connectivity index (χ0) is 8.60. The zero-order valence-electron chi connectivity index (χ0n) is 7.12. The maximum absolute atomic E-state index is 8.96. The molecule has 1 aromatic rings. The molecule has 0 bridgehead atoms. The molecule has 1 aliphatic carbocycles. The fourth-order valence-corrected chi connectivity index (χ4v) is 1.52. The van der Waals surface area contributed by atoms with E-state index in [-0.39, 0.29) is 5.41 Å². The van der Waals surface area contributed by atoms with E-state index < -0.39 is 0 Å². The maximum Gasteiger partial charge on any atom is 0.0990 e.